The minimum Gasteiger partial charge on any atom is -0.503 e. The number of hydrazone groups is 1. The Bertz CT molecular complexity index is 869. The van der Waals surface area contributed by atoms with E-state index < -0.39 is 5.91 Å². The minimum absolute atomic E-state index is 0.0248. The van der Waals surface area contributed by atoms with E-state index in [1.54, 1.807) is 43.5 Å². The van der Waals surface area contributed by atoms with Crippen molar-refractivity contribution < 1.29 is 24.2 Å². The van der Waals surface area contributed by atoms with Crippen LogP contribution in [0, 0.1) is 0 Å². The van der Waals surface area contributed by atoms with Gasteiger partial charge in [-0.15, -0.1) is 0 Å². The van der Waals surface area contributed by atoms with Gasteiger partial charge in [0.1, 0.15) is 5.75 Å². The second kappa shape index (κ2) is 10.3. The summed E-state index contributed by atoms with van der Waals surface area (Å²) >= 11 is 3.20. The van der Waals surface area contributed by atoms with Gasteiger partial charge in [-0.1, -0.05) is 12.1 Å². The predicted molar refractivity (Wildman–Crippen MR) is 108 cm³/mol. The Kier molecular flexibility index (Phi) is 7.82. The zero-order chi connectivity index (χ0) is 20.5. The van der Waals surface area contributed by atoms with E-state index in [1.165, 1.54) is 13.3 Å². The van der Waals surface area contributed by atoms with Crippen LogP contribution < -0.4 is 20.2 Å². The third-order valence-electron chi connectivity index (χ3n) is 3.64. The summed E-state index contributed by atoms with van der Waals surface area (Å²) in [5.74, 6) is 0.205. The fourth-order valence-corrected chi connectivity index (χ4v) is 2.67. The Labute approximate surface area is 170 Å². The van der Waals surface area contributed by atoms with Gasteiger partial charge < -0.3 is 19.9 Å². The number of amides is 2. The number of carbonyl (C=O) groups is 2. The molecule has 0 atom stereocenters. The van der Waals surface area contributed by atoms with E-state index in [0.717, 1.165) is 5.56 Å². The average molecular weight is 450 g/mol. The molecule has 0 fully saturated rings. The van der Waals surface area contributed by atoms with E-state index in [0.29, 0.717) is 15.8 Å². The maximum Gasteiger partial charge on any atom is 0.259 e. The first-order chi connectivity index (χ1) is 13.4. The van der Waals surface area contributed by atoms with Crippen molar-refractivity contribution in [1.82, 2.24) is 10.7 Å². The first-order valence-corrected chi connectivity index (χ1v) is 9.00. The van der Waals surface area contributed by atoms with Crippen LogP contribution in [0.15, 0.2) is 46.0 Å². The van der Waals surface area contributed by atoms with Crippen LogP contribution in [0.25, 0.3) is 0 Å². The smallest absolute Gasteiger partial charge is 0.259 e. The highest BCUT2D eigenvalue weighted by atomic mass is 79.9. The van der Waals surface area contributed by atoms with Crippen molar-refractivity contribution in [1.29, 1.82) is 0 Å². The largest absolute Gasteiger partial charge is 0.503 e. The molecular weight excluding hydrogens is 430 g/mol. The molecule has 0 aliphatic heterocycles. The summed E-state index contributed by atoms with van der Waals surface area (Å²) in [5, 5.41) is 16.1. The summed E-state index contributed by atoms with van der Waals surface area (Å²) in [6.45, 7) is -0.199. The predicted octanol–water partition coefficient (Wildman–Crippen LogP) is 1.98. The van der Waals surface area contributed by atoms with Crippen LogP contribution in [0.3, 0.4) is 0 Å². The molecule has 28 heavy (non-hydrogen) atoms. The van der Waals surface area contributed by atoms with Crippen LogP contribution in [0.4, 0.5) is 0 Å². The molecule has 8 nitrogen and oxygen atoms in total. The Morgan fingerprint density at radius 3 is 2.50 bits per heavy atom. The molecule has 0 aromatic heterocycles. The zero-order valence-corrected chi connectivity index (χ0v) is 16.9. The number of nitrogens with one attached hydrogen (secondary N) is 2. The monoisotopic (exact) mass is 449 g/mol. The van der Waals surface area contributed by atoms with Gasteiger partial charge in [0.2, 0.25) is 5.91 Å². The fraction of sp³-hybridized carbons (Fsp3) is 0.211. The van der Waals surface area contributed by atoms with Gasteiger partial charge in [-0.25, -0.2) is 5.43 Å². The molecular formula is C19H20BrN3O5. The molecule has 0 aliphatic carbocycles. The van der Waals surface area contributed by atoms with Gasteiger partial charge in [-0.2, -0.15) is 5.10 Å². The van der Waals surface area contributed by atoms with Crippen LogP contribution in [0.5, 0.6) is 17.2 Å². The first kappa shape index (κ1) is 21.2. The maximum absolute atomic E-state index is 11.9. The van der Waals surface area contributed by atoms with Gasteiger partial charge in [0.15, 0.2) is 11.5 Å². The van der Waals surface area contributed by atoms with Crippen molar-refractivity contribution in [3.8, 4) is 17.2 Å². The van der Waals surface area contributed by atoms with E-state index in [-0.39, 0.29) is 30.4 Å². The Hall–Kier alpha value is -3.07. The summed E-state index contributed by atoms with van der Waals surface area (Å²) < 4.78 is 10.5. The lowest BCUT2D eigenvalue weighted by molar-refractivity contribution is -0.125. The van der Waals surface area contributed by atoms with Gasteiger partial charge >= 0.3 is 0 Å². The third kappa shape index (κ3) is 6.27. The number of nitrogens with zero attached hydrogens (tertiary/aromatic N) is 1. The number of benzene rings is 2. The number of hydrogen-bond acceptors (Lipinski definition) is 6. The zero-order valence-electron chi connectivity index (χ0n) is 15.4. The first-order valence-electron chi connectivity index (χ1n) is 8.21. The summed E-state index contributed by atoms with van der Waals surface area (Å²) in [7, 11) is 3.00. The lowest BCUT2D eigenvalue weighted by atomic mass is 10.1. The van der Waals surface area contributed by atoms with Crippen molar-refractivity contribution in [2.45, 2.75) is 6.42 Å². The van der Waals surface area contributed by atoms with Crippen LogP contribution in [-0.4, -0.2) is 43.9 Å². The molecule has 2 aromatic carbocycles. The Balaban J connectivity index is 1.79. The summed E-state index contributed by atoms with van der Waals surface area (Å²) in [6.07, 6.45) is 1.55. The normalized spacial score (nSPS) is 10.5. The summed E-state index contributed by atoms with van der Waals surface area (Å²) in [5.41, 5.74) is 3.73. The standard InChI is InChI=1S/C19H20BrN3O5/c1-27-14-5-3-12(4-6-14)9-17(24)21-11-18(25)23-22-10-13-7-15(20)19(26)16(8-13)28-2/h3-8,10,26H,9,11H2,1-2H3,(H,21,24)(H,23,25)/b22-10+. The van der Waals surface area contributed by atoms with E-state index in [9.17, 15) is 14.7 Å². The Morgan fingerprint density at radius 2 is 1.86 bits per heavy atom. The van der Waals surface area contributed by atoms with Crippen molar-refractivity contribution in [3.05, 3.63) is 52.0 Å². The van der Waals surface area contributed by atoms with E-state index in [1.807, 2.05) is 0 Å². The van der Waals surface area contributed by atoms with Gasteiger partial charge in [-0.05, 0) is 51.3 Å². The van der Waals surface area contributed by atoms with Crippen molar-refractivity contribution in [2.75, 3.05) is 20.8 Å². The molecule has 0 radical (unpaired) electrons. The molecule has 0 unspecified atom stereocenters. The van der Waals surface area contributed by atoms with Crippen LogP contribution >= 0.6 is 15.9 Å². The van der Waals surface area contributed by atoms with Crippen molar-refractivity contribution in [2.24, 2.45) is 5.10 Å². The lowest BCUT2D eigenvalue weighted by Crippen LogP contribution is -2.35. The van der Waals surface area contributed by atoms with Crippen molar-refractivity contribution >= 4 is 34.0 Å². The van der Waals surface area contributed by atoms with Crippen LogP contribution in [0.2, 0.25) is 0 Å². The number of halogens is 1. The fourth-order valence-electron chi connectivity index (χ4n) is 2.21. The number of ether oxygens (including phenoxy) is 2. The molecule has 148 valence electrons. The van der Waals surface area contributed by atoms with Crippen LogP contribution in [-0.2, 0) is 16.0 Å². The maximum atomic E-state index is 11.9. The number of carbonyl (C=O) groups excluding carboxylic acids is 2. The second-order valence-electron chi connectivity index (χ2n) is 5.65. The van der Waals surface area contributed by atoms with Gasteiger partial charge in [-0.3, -0.25) is 9.59 Å². The number of methoxy groups -OCH3 is 2. The molecule has 9 heteroatoms. The molecule has 2 aromatic rings. The number of aromatic hydroxyl groups is 1. The molecule has 0 spiro atoms. The molecule has 2 amide bonds. The molecule has 0 bridgehead atoms. The minimum atomic E-state index is -0.468. The summed E-state index contributed by atoms with van der Waals surface area (Å²) in [6, 6.07) is 10.3. The van der Waals surface area contributed by atoms with E-state index >= 15 is 0 Å². The molecule has 0 aliphatic rings. The molecule has 0 saturated carbocycles. The quantitative estimate of drug-likeness (QED) is 0.421. The van der Waals surface area contributed by atoms with Gasteiger partial charge in [0.25, 0.3) is 5.91 Å². The molecule has 3 N–H and O–H groups in total. The number of phenols is 1. The summed E-state index contributed by atoms with van der Waals surface area (Å²) in [4.78, 5) is 23.7. The van der Waals surface area contributed by atoms with Gasteiger partial charge in [0.05, 0.1) is 37.9 Å². The Morgan fingerprint density at radius 1 is 1.14 bits per heavy atom. The second-order valence-corrected chi connectivity index (χ2v) is 6.50. The topological polar surface area (TPSA) is 109 Å². The highest BCUT2D eigenvalue weighted by Gasteiger charge is 2.08. The van der Waals surface area contributed by atoms with Gasteiger partial charge in [0, 0.05) is 0 Å². The number of hydrogen-bond donors (Lipinski definition) is 3. The molecule has 0 heterocycles. The molecule has 2 rings (SSSR count). The third-order valence-corrected chi connectivity index (χ3v) is 4.25. The SMILES string of the molecule is COc1ccc(CC(=O)NCC(=O)N/N=C/c2cc(Br)c(O)c(OC)c2)cc1. The molecule has 0 saturated heterocycles. The van der Waals surface area contributed by atoms with Crippen LogP contribution in [0.1, 0.15) is 11.1 Å². The lowest BCUT2D eigenvalue weighted by Gasteiger charge is -2.07. The number of rotatable bonds is 8. The highest BCUT2D eigenvalue weighted by Crippen LogP contribution is 2.34. The van der Waals surface area contributed by atoms with E-state index in [4.69, 9.17) is 9.47 Å². The van der Waals surface area contributed by atoms with E-state index in [2.05, 4.69) is 31.8 Å². The number of phenolic OH excluding ortho intramolecular Hbond substituents is 1. The average Bonchev–Trinajstić information content (AvgIpc) is 2.69. The highest BCUT2D eigenvalue weighted by molar-refractivity contribution is 9.10. The van der Waals surface area contributed by atoms with Crippen molar-refractivity contribution in [3.63, 3.8) is 0 Å².